The predicted molar refractivity (Wildman–Crippen MR) is 65.5 cm³/mol. The van der Waals surface area contributed by atoms with E-state index in [0.29, 0.717) is 5.69 Å². The minimum atomic E-state index is -0.617. The van der Waals surface area contributed by atoms with Crippen molar-refractivity contribution in [2.24, 2.45) is 0 Å². The van der Waals surface area contributed by atoms with Crippen LogP contribution in [-0.2, 0) is 4.74 Å². The van der Waals surface area contributed by atoms with Gasteiger partial charge in [0.2, 0.25) is 0 Å². The molecular weight excluding hydrogens is 249 g/mol. The Balaban J connectivity index is 1.94. The summed E-state index contributed by atoms with van der Waals surface area (Å²) in [6.07, 6.45) is 4.35. The molecule has 5 nitrogen and oxygen atoms in total. The molecule has 1 N–H and O–H groups in total. The van der Waals surface area contributed by atoms with E-state index >= 15 is 0 Å². The van der Waals surface area contributed by atoms with Crippen molar-refractivity contribution in [2.75, 3.05) is 6.61 Å². The molecule has 0 radical (unpaired) electrons. The maximum absolute atomic E-state index is 12.7. The van der Waals surface area contributed by atoms with E-state index in [1.165, 1.54) is 42.9 Å². The molecule has 1 heterocycles. The number of benzene rings is 1. The van der Waals surface area contributed by atoms with Crippen LogP contribution in [0.25, 0.3) is 0 Å². The van der Waals surface area contributed by atoms with Gasteiger partial charge in [-0.05, 0) is 24.3 Å². The Bertz CT molecular complexity index is 585. The summed E-state index contributed by atoms with van der Waals surface area (Å²) < 4.78 is 17.6. The standard InChI is InChI=1S/C13H10FN3O2/c14-10-3-1-9(2-4-10)13(18)19-8-11(15)12-7-16-5-6-17-12/h1-7,15H,8H2. The van der Waals surface area contributed by atoms with Gasteiger partial charge in [0.15, 0.2) is 0 Å². The molecule has 0 fully saturated rings. The highest BCUT2D eigenvalue weighted by molar-refractivity contribution is 5.99. The van der Waals surface area contributed by atoms with Crippen LogP contribution in [0.4, 0.5) is 4.39 Å². The Morgan fingerprint density at radius 2 is 2.00 bits per heavy atom. The lowest BCUT2D eigenvalue weighted by atomic mass is 10.2. The molecule has 19 heavy (non-hydrogen) atoms. The molecule has 0 atom stereocenters. The number of ether oxygens (including phenoxy) is 1. The van der Waals surface area contributed by atoms with Crippen molar-refractivity contribution in [3.63, 3.8) is 0 Å². The van der Waals surface area contributed by atoms with E-state index < -0.39 is 11.8 Å². The number of hydrogen-bond acceptors (Lipinski definition) is 5. The number of carbonyl (C=O) groups excluding carboxylic acids is 1. The quantitative estimate of drug-likeness (QED) is 0.671. The molecule has 2 rings (SSSR count). The Hall–Kier alpha value is -2.63. The molecule has 6 heteroatoms. The molecule has 0 aliphatic carbocycles. The second kappa shape index (κ2) is 5.81. The molecular formula is C13H10FN3O2. The van der Waals surface area contributed by atoms with Crippen LogP contribution in [0, 0.1) is 11.2 Å². The minimum absolute atomic E-state index is 0.0450. The van der Waals surface area contributed by atoms with Crippen molar-refractivity contribution < 1.29 is 13.9 Å². The highest BCUT2D eigenvalue weighted by atomic mass is 19.1. The van der Waals surface area contributed by atoms with Gasteiger partial charge in [0.25, 0.3) is 0 Å². The zero-order valence-electron chi connectivity index (χ0n) is 9.84. The molecule has 96 valence electrons. The van der Waals surface area contributed by atoms with Crippen molar-refractivity contribution in [3.8, 4) is 0 Å². The third-order valence-electron chi connectivity index (χ3n) is 2.30. The lowest BCUT2D eigenvalue weighted by molar-refractivity contribution is 0.0563. The largest absolute Gasteiger partial charge is 0.456 e. The van der Waals surface area contributed by atoms with Crippen LogP contribution in [0.3, 0.4) is 0 Å². The normalized spacial score (nSPS) is 9.95. The lowest BCUT2D eigenvalue weighted by Crippen LogP contribution is -2.15. The van der Waals surface area contributed by atoms with E-state index in [1.54, 1.807) is 0 Å². The first-order valence-corrected chi connectivity index (χ1v) is 5.43. The van der Waals surface area contributed by atoms with Gasteiger partial charge in [0.05, 0.1) is 17.5 Å². The van der Waals surface area contributed by atoms with E-state index in [-0.39, 0.29) is 17.9 Å². The van der Waals surface area contributed by atoms with Gasteiger partial charge in [-0.15, -0.1) is 0 Å². The molecule has 1 aromatic heterocycles. The fourth-order valence-corrected chi connectivity index (χ4v) is 1.34. The van der Waals surface area contributed by atoms with E-state index in [0.717, 1.165) is 0 Å². The van der Waals surface area contributed by atoms with Crippen LogP contribution < -0.4 is 0 Å². The Kier molecular flexibility index (Phi) is 3.92. The number of aromatic nitrogens is 2. The molecule has 0 bridgehead atoms. The smallest absolute Gasteiger partial charge is 0.338 e. The highest BCUT2D eigenvalue weighted by Gasteiger charge is 2.10. The van der Waals surface area contributed by atoms with E-state index in [9.17, 15) is 9.18 Å². The van der Waals surface area contributed by atoms with Gasteiger partial charge in [0.1, 0.15) is 18.1 Å². The maximum atomic E-state index is 12.7. The summed E-state index contributed by atoms with van der Waals surface area (Å²) in [6, 6.07) is 4.99. The zero-order valence-corrected chi connectivity index (χ0v) is 9.84. The number of hydrogen-bond donors (Lipinski definition) is 1. The van der Waals surface area contributed by atoms with Crippen molar-refractivity contribution in [1.82, 2.24) is 9.97 Å². The Morgan fingerprint density at radius 1 is 1.26 bits per heavy atom. The van der Waals surface area contributed by atoms with Gasteiger partial charge in [-0.3, -0.25) is 15.4 Å². The Morgan fingerprint density at radius 3 is 2.63 bits per heavy atom. The first-order chi connectivity index (χ1) is 9.16. The number of carbonyl (C=O) groups is 1. The lowest BCUT2D eigenvalue weighted by Gasteiger charge is -2.05. The maximum Gasteiger partial charge on any atom is 0.338 e. The van der Waals surface area contributed by atoms with Gasteiger partial charge in [-0.1, -0.05) is 0 Å². The molecule has 1 aromatic carbocycles. The molecule has 0 aliphatic heterocycles. The SMILES string of the molecule is N=C(COC(=O)c1ccc(F)cc1)c1cnccn1. The van der Waals surface area contributed by atoms with Crippen LogP contribution in [0.1, 0.15) is 16.1 Å². The molecule has 0 amide bonds. The van der Waals surface area contributed by atoms with Crippen LogP contribution in [0.15, 0.2) is 42.9 Å². The summed E-state index contributed by atoms with van der Waals surface area (Å²) in [5.41, 5.74) is 0.617. The van der Waals surface area contributed by atoms with Crippen LogP contribution >= 0.6 is 0 Å². The molecule has 0 aliphatic rings. The third-order valence-corrected chi connectivity index (χ3v) is 2.30. The summed E-state index contributed by atoms with van der Waals surface area (Å²) in [6.45, 7) is -0.213. The molecule has 0 spiro atoms. The third kappa shape index (κ3) is 3.41. The summed E-state index contributed by atoms with van der Waals surface area (Å²) in [5.74, 6) is -1.04. The fourth-order valence-electron chi connectivity index (χ4n) is 1.34. The van der Waals surface area contributed by atoms with Crippen LogP contribution in [-0.4, -0.2) is 28.3 Å². The molecule has 2 aromatic rings. The van der Waals surface area contributed by atoms with Gasteiger partial charge >= 0.3 is 5.97 Å². The summed E-state index contributed by atoms with van der Waals surface area (Å²) in [5, 5.41) is 7.68. The average Bonchev–Trinajstić information content (AvgIpc) is 2.46. The van der Waals surface area contributed by atoms with E-state index in [2.05, 4.69) is 9.97 Å². The number of halogens is 1. The average molecular weight is 259 g/mol. The molecule has 0 saturated heterocycles. The number of nitrogens with zero attached hydrogens (tertiary/aromatic N) is 2. The monoisotopic (exact) mass is 259 g/mol. The van der Waals surface area contributed by atoms with Gasteiger partial charge < -0.3 is 4.74 Å². The minimum Gasteiger partial charge on any atom is -0.456 e. The first kappa shape index (κ1) is 12.8. The van der Waals surface area contributed by atoms with Crippen molar-refractivity contribution in [3.05, 3.63) is 59.9 Å². The predicted octanol–water partition coefficient (Wildman–Crippen LogP) is 1.84. The summed E-state index contributed by atoms with van der Waals surface area (Å²) >= 11 is 0. The number of rotatable bonds is 4. The topological polar surface area (TPSA) is 75.9 Å². The summed E-state index contributed by atoms with van der Waals surface area (Å²) in [4.78, 5) is 19.3. The summed E-state index contributed by atoms with van der Waals surface area (Å²) in [7, 11) is 0. The first-order valence-electron chi connectivity index (χ1n) is 5.43. The van der Waals surface area contributed by atoms with Crippen molar-refractivity contribution in [2.45, 2.75) is 0 Å². The van der Waals surface area contributed by atoms with E-state index in [4.69, 9.17) is 10.1 Å². The zero-order chi connectivity index (χ0) is 13.7. The number of nitrogens with one attached hydrogen (secondary N) is 1. The fraction of sp³-hybridized carbons (Fsp3) is 0.0769. The Labute approximate surface area is 108 Å². The van der Waals surface area contributed by atoms with Crippen LogP contribution in [0.5, 0.6) is 0 Å². The molecule has 0 saturated carbocycles. The molecule has 0 unspecified atom stereocenters. The van der Waals surface area contributed by atoms with Gasteiger partial charge in [-0.25, -0.2) is 9.18 Å². The van der Waals surface area contributed by atoms with Gasteiger partial charge in [-0.2, -0.15) is 0 Å². The second-order valence-corrected chi connectivity index (χ2v) is 3.65. The second-order valence-electron chi connectivity index (χ2n) is 3.65. The van der Waals surface area contributed by atoms with Crippen molar-refractivity contribution in [1.29, 1.82) is 5.41 Å². The van der Waals surface area contributed by atoms with E-state index in [1.807, 2.05) is 0 Å². The van der Waals surface area contributed by atoms with Crippen molar-refractivity contribution >= 4 is 11.7 Å². The highest BCUT2D eigenvalue weighted by Crippen LogP contribution is 2.05. The number of esters is 1. The van der Waals surface area contributed by atoms with Gasteiger partial charge in [0, 0.05) is 12.4 Å². The van der Waals surface area contributed by atoms with Crippen LogP contribution in [0.2, 0.25) is 0 Å².